The first-order valence-corrected chi connectivity index (χ1v) is 8.91. The van der Waals surface area contributed by atoms with Crippen LogP contribution in [-0.4, -0.2) is 40.3 Å². The number of rotatable bonds is 5. The minimum atomic E-state index is -0.295. The molecule has 1 saturated heterocycles. The third-order valence-electron chi connectivity index (χ3n) is 4.40. The van der Waals surface area contributed by atoms with Gasteiger partial charge >= 0.3 is 6.03 Å². The van der Waals surface area contributed by atoms with Gasteiger partial charge < -0.3 is 19.5 Å². The van der Waals surface area contributed by atoms with Crippen LogP contribution < -0.4 is 10.1 Å². The molecule has 0 spiro atoms. The van der Waals surface area contributed by atoms with Crippen molar-refractivity contribution in [2.75, 3.05) is 13.1 Å². The second-order valence-corrected chi connectivity index (χ2v) is 6.60. The van der Waals surface area contributed by atoms with E-state index in [0.717, 1.165) is 11.1 Å². The number of carbonyl (C=O) groups excluding carboxylic acids is 1. The summed E-state index contributed by atoms with van der Waals surface area (Å²) >= 11 is 0. The Morgan fingerprint density at radius 1 is 1.29 bits per heavy atom. The van der Waals surface area contributed by atoms with E-state index in [4.69, 9.17) is 9.26 Å². The highest BCUT2D eigenvalue weighted by molar-refractivity contribution is 5.75. The van der Waals surface area contributed by atoms with Crippen LogP contribution in [0.15, 0.2) is 53.1 Å². The van der Waals surface area contributed by atoms with E-state index in [9.17, 15) is 9.18 Å². The maximum Gasteiger partial charge on any atom is 0.317 e. The number of urea groups is 1. The molecule has 144 valence electrons. The Labute approximate surface area is 161 Å². The number of nitrogens with one attached hydrogen (secondary N) is 1. The normalized spacial score (nSPS) is 13.9. The zero-order chi connectivity index (χ0) is 19.5. The molecule has 0 radical (unpaired) electrons. The van der Waals surface area contributed by atoms with Gasteiger partial charge in [0.15, 0.2) is 5.82 Å². The number of aryl methyl sites for hydroxylation is 1. The molecule has 3 aromatic rings. The number of ether oxygens (including phenoxy) is 1. The molecule has 0 unspecified atom stereocenters. The van der Waals surface area contributed by atoms with E-state index < -0.39 is 0 Å². The van der Waals surface area contributed by atoms with Crippen molar-refractivity contribution in [1.82, 2.24) is 20.4 Å². The van der Waals surface area contributed by atoms with Crippen LogP contribution in [0.1, 0.15) is 11.4 Å². The Balaban J connectivity index is 1.26. The average molecular weight is 382 g/mol. The predicted molar refractivity (Wildman–Crippen MR) is 99.1 cm³/mol. The largest absolute Gasteiger partial charge is 0.487 e. The molecule has 7 nitrogen and oxygen atoms in total. The lowest BCUT2D eigenvalue weighted by atomic mass is 10.1. The van der Waals surface area contributed by atoms with Crippen molar-refractivity contribution in [3.63, 3.8) is 0 Å². The lowest BCUT2D eigenvalue weighted by Gasteiger charge is -2.38. The predicted octanol–water partition coefficient (Wildman–Crippen LogP) is 3.16. The van der Waals surface area contributed by atoms with Gasteiger partial charge in [-0.25, -0.2) is 9.18 Å². The summed E-state index contributed by atoms with van der Waals surface area (Å²) in [6.07, 6.45) is -0.0729. The van der Waals surface area contributed by atoms with Gasteiger partial charge in [-0.1, -0.05) is 23.4 Å². The SMILES string of the molecule is Cc1noc(-c2cccc(OC3CN(C(=O)NCc4ccc(F)cc4)C3)c2)n1. The van der Waals surface area contributed by atoms with Crippen LogP contribution in [0.4, 0.5) is 9.18 Å². The number of aromatic nitrogens is 2. The number of hydrogen-bond acceptors (Lipinski definition) is 5. The van der Waals surface area contributed by atoms with E-state index in [1.165, 1.54) is 12.1 Å². The fourth-order valence-electron chi connectivity index (χ4n) is 2.88. The fourth-order valence-corrected chi connectivity index (χ4v) is 2.88. The van der Waals surface area contributed by atoms with Gasteiger partial charge in [-0.3, -0.25) is 0 Å². The smallest absolute Gasteiger partial charge is 0.317 e. The molecule has 0 aliphatic carbocycles. The monoisotopic (exact) mass is 382 g/mol. The van der Waals surface area contributed by atoms with Crippen molar-refractivity contribution in [2.45, 2.75) is 19.6 Å². The zero-order valence-electron chi connectivity index (χ0n) is 15.3. The number of amides is 2. The first-order valence-electron chi connectivity index (χ1n) is 8.91. The summed E-state index contributed by atoms with van der Waals surface area (Å²) in [6, 6.07) is 13.3. The number of likely N-dealkylation sites (tertiary alicyclic amines) is 1. The third kappa shape index (κ3) is 4.11. The molecular formula is C20H19FN4O3. The lowest BCUT2D eigenvalue weighted by Crippen LogP contribution is -2.58. The highest BCUT2D eigenvalue weighted by atomic mass is 19.1. The molecule has 1 fully saturated rings. The van der Waals surface area contributed by atoms with E-state index >= 15 is 0 Å². The van der Waals surface area contributed by atoms with Crippen LogP contribution in [0.25, 0.3) is 11.5 Å². The van der Waals surface area contributed by atoms with Crippen LogP contribution >= 0.6 is 0 Å². The number of nitrogens with zero attached hydrogens (tertiary/aromatic N) is 3. The van der Waals surface area contributed by atoms with Crippen molar-refractivity contribution < 1.29 is 18.4 Å². The average Bonchev–Trinajstić information content (AvgIpc) is 3.10. The first kappa shape index (κ1) is 18.0. The Bertz CT molecular complexity index is 968. The summed E-state index contributed by atoms with van der Waals surface area (Å²) in [7, 11) is 0. The summed E-state index contributed by atoms with van der Waals surface area (Å²) in [6.45, 7) is 3.11. The van der Waals surface area contributed by atoms with Crippen LogP contribution in [0.3, 0.4) is 0 Å². The van der Waals surface area contributed by atoms with Gasteiger partial charge in [0.25, 0.3) is 5.89 Å². The molecule has 2 heterocycles. The van der Waals surface area contributed by atoms with Gasteiger partial charge in [0, 0.05) is 12.1 Å². The van der Waals surface area contributed by atoms with Crippen molar-refractivity contribution in [3.8, 4) is 17.2 Å². The summed E-state index contributed by atoms with van der Waals surface area (Å²) < 4.78 is 24.0. The van der Waals surface area contributed by atoms with Crippen molar-refractivity contribution in [2.24, 2.45) is 0 Å². The molecule has 1 aliphatic rings. The Morgan fingerprint density at radius 3 is 2.79 bits per heavy atom. The van der Waals surface area contributed by atoms with E-state index in [-0.39, 0.29) is 18.0 Å². The van der Waals surface area contributed by atoms with Crippen molar-refractivity contribution in [3.05, 3.63) is 65.7 Å². The molecule has 0 saturated carbocycles. The third-order valence-corrected chi connectivity index (χ3v) is 4.40. The number of hydrogen-bond donors (Lipinski definition) is 1. The molecule has 0 atom stereocenters. The number of halogens is 1. The van der Waals surface area contributed by atoms with Gasteiger partial charge in [-0.05, 0) is 42.8 Å². The Hall–Kier alpha value is -3.42. The molecule has 1 aliphatic heterocycles. The van der Waals surface area contributed by atoms with E-state index in [1.54, 1.807) is 24.0 Å². The van der Waals surface area contributed by atoms with Crippen molar-refractivity contribution in [1.29, 1.82) is 0 Å². The number of benzene rings is 2. The Morgan fingerprint density at radius 2 is 2.07 bits per heavy atom. The highest BCUT2D eigenvalue weighted by Gasteiger charge is 2.32. The quantitative estimate of drug-likeness (QED) is 0.733. The molecule has 2 amide bonds. The van der Waals surface area contributed by atoms with Crippen molar-refractivity contribution >= 4 is 6.03 Å². The van der Waals surface area contributed by atoms with Crippen LogP contribution in [0.2, 0.25) is 0 Å². The van der Waals surface area contributed by atoms with Crippen LogP contribution in [0.5, 0.6) is 5.75 Å². The molecular weight excluding hydrogens is 363 g/mol. The first-order chi connectivity index (χ1) is 13.6. The maximum atomic E-state index is 12.9. The van der Waals surface area contributed by atoms with Crippen LogP contribution in [-0.2, 0) is 6.54 Å². The van der Waals surface area contributed by atoms with Gasteiger partial charge in [0.05, 0.1) is 13.1 Å². The van der Waals surface area contributed by atoms with Gasteiger partial charge in [-0.15, -0.1) is 0 Å². The minimum Gasteiger partial charge on any atom is -0.487 e. The standard InChI is InChI=1S/C20H19FN4O3/c1-13-23-19(28-24-13)15-3-2-4-17(9-15)27-18-11-25(12-18)20(26)22-10-14-5-7-16(21)8-6-14/h2-9,18H,10-12H2,1H3,(H,22,26). The molecule has 1 N–H and O–H groups in total. The minimum absolute atomic E-state index is 0.0729. The van der Waals surface area contributed by atoms with Gasteiger partial charge in [0.1, 0.15) is 17.7 Å². The molecule has 1 aromatic heterocycles. The lowest BCUT2D eigenvalue weighted by molar-refractivity contribution is 0.0443. The van der Waals surface area contributed by atoms with E-state index in [2.05, 4.69) is 15.5 Å². The van der Waals surface area contributed by atoms with Gasteiger partial charge in [0.2, 0.25) is 0 Å². The number of carbonyl (C=O) groups is 1. The Kier molecular flexibility index (Phi) is 4.92. The van der Waals surface area contributed by atoms with Crippen LogP contribution in [0, 0.1) is 12.7 Å². The second kappa shape index (κ2) is 7.67. The summed E-state index contributed by atoms with van der Waals surface area (Å²) in [4.78, 5) is 18.0. The topological polar surface area (TPSA) is 80.5 Å². The fraction of sp³-hybridized carbons (Fsp3) is 0.250. The molecule has 8 heteroatoms. The molecule has 28 heavy (non-hydrogen) atoms. The van der Waals surface area contributed by atoms with E-state index in [0.29, 0.717) is 37.1 Å². The molecule has 2 aromatic carbocycles. The molecule has 4 rings (SSSR count). The van der Waals surface area contributed by atoms with E-state index in [1.807, 2.05) is 24.3 Å². The second-order valence-electron chi connectivity index (χ2n) is 6.60. The molecule has 0 bridgehead atoms. The zero-order valence-corrected chi connectivity index (χ0v) is 15.3. The summed E-state index contributed by atoms with van der Waals surface area (Å²) in [5.74, 6) is 1.40. The highest BCUT2D eigenvalue weighted by Crippen LogP contribution is 2.24. The summed E-state index contributed by atoms with van der Waals surface area (Å²) in [5.41, 5.74) is 1.63. The maximum absolute atomic E-state index is 12.9. The summed E-state index contributed by atoms with van der Waals surface area (Å²) in [5, 5.41) is 6.61. The van der Waals surface area contributed by atoms with Gasteiger partial charge in [-0.2, -0.15) is 4.98 Å².